The summed E-state index contributed by atoms with van der Waals surface area (Å²) >= 11 is 12.4. The molecule has 2 heterocycles. The number of rotatable bonds is 6. The molecule has 1 aromatic heterocycles. The summed E-state index contributed by atoms with van der Waals surface area (Å²) < 4.78 is 10.7. The highest BCUT2D eigenvalue weighted by atomic mass is 35.5. The Bertz CT molecular complexity index is 1290. The number of aromatic nitrogens is 1. The van der Waals surface area contributed by atoms with Gasteiger partial charge in [0.25, 0.3) is 11.7 Å². The van der Waals surface area contributed by atoms with Gasteiger partial charge in [0.2, 0.25) is 0 Å². The highest BCUT2D eigenvalue weighted by Gasteiger charge is 2.46. The molecule has 4 rings (SSSR count). The third kappa shape index (κ3) is 4.32. The van der Waals surface area contributed by atoms with Crippen LogP contribution in [0, 0.1) is 0 Å². The second-order valence-corrected chi connectivity index (χ2v) is 8.34. The number of aliphatic hydroxyl groups excluding tert-OH is 1. The van der Waals surface area contributed by atoms with Crippen LogP contribution in [0.15, 0.2) is 66.4 Å². The third-order valence-corrected chi connectivity index (χ3v) is 5.97. The largest absolute Gasteiger partial charge is 0.507 e. The van der Waals surface area contributed by atoms with Crippen molar-refractivity contribution >= 4 is 40.7 Å². The van der Waals surface area contributed by atoms with E-state index in [2.05, 4.69) is 4.98 Å². The number of pyridine rings is 1. The average Bonchev–Trinajstić information content (AvgIpc) is 3.08. The minimum absolute atomic E-state index is 0.0531. The van der Waals surface area contributed by atoms with Crippen molar-refractivity contribution in [3.8, 4) is 11.5 Å². The molecule has 174 valence electrons. The standard InChI is InChI=1S/C25H20Cl2N2O5/c1-33-17-8-5-6-14(10-17)21-20(22(30)18-11-15(26)12-19(27)24(18)34-2)23(31)25(32)29(21)13-16-7-3-4-9-28-16/h3-12,21,30H,13H2,1-2H3/b22-20+. The van der Waals surface area contributed by atoms with Crippen molar-refractivity contribution < 1.29 is 24.2 Å². The molecule has 1 atom stereocenters. The van der Waals surface area contributed by atoms with Gasteiger partial charge in [0.15, 0.2) is 0 Å². The van der Waals surface area contributed by atoms with Crippen LogP contribution in [0.5, 0.6) is 11.5 Å². The molecule has 1 saturated heterocycles. The second-order valence-electron chi connectivity index (χ2n) is 7.49. The molecule has 9 heteroatoms. The fourth-order valence-electron chi connectivity index (χ4n) is 3.96. The van der Waals surface area contributed by atoms with Gasteiger partial charge in [0.05, 0.1) is 48.7 Å². The van der Waals surface area contributed by atoms with Crippen LogP contribution in [0.1, 0.15) is 22.9 Å². The lowest BCUT2D eigenvalue weighted by Crippen LogP contribution is -2.29. The number of methoxy groups -OCH3 is 2. The van der Waals surface area contributed by atoms with Crippen molar-refractivity contribution in [1.29, 1.82) is 0 Å². The van der Waals surface area contributed by atoms with E-state index in [1.165, 1.54) is 31.3 Å². The lowest BCUT2D eigenvalue weighted by atomic mass is 9.94. The Morgan fingerprint density at radius 2 is 1.85 bits per heavy atom. The Balaban J connectivity index is 1.94. The van der Waals surface area contributed by atoms with Crippen molar-refractivity contribution in [2.75, 3.05) is 14.2 Å². The van der Waals surface area contributed by atoms with Gasteiger partial charge in [-0.15, -0.1) is 0 Å². The van der Waals surface area contributed by atoms with Gasteiger partial charge in [-0.2, -0.15) is 0 Å². The summed E-state index contributed by atoms with van der Waals surface area (Å²) in [6.07, 6.45) is 1.60. The number of aliphatic hydroxyl groups is 1. The van der Waals surface area contributed by atoms with Crippen LogP contribution in [0.3, 0.4) is 0 Å². The summed E-state index contributed by atoms with van der Waals surface area (Å²) in [5, 5.41) is 11.7. The molecule has 1 aliphatic rings. The van der Waals surface area contributed by atoms with Crippen molar-refractivity contribution in [2.45, 2.75) is 12.6 Å². The number of carbonyl (C=O) groups is 2. The molecular formula is C25H20Cl2N2O5. The number of carbonyl (C=O) groups excluding carboxylic acids is 2. The minimum Gasteiger partial charge on any atom is -0.507 e. The van der Waals surface area contributed by atoms with Crippen LogP contribution in [-0.2, 0) is 16.1 Å². The van der Waals surface area contributed by atoms with Gasteiger partial charge in [0, 0.05) is 11.2 Å². The molecule has 0 radical (unpaired) electrons. The molecule has 7 nitrogen and oxygen atoms in total. The van der Waals surface area contributed by atoms with Gasteiger partial charge < -0.3 is 19.5 Å². The summed E-state index contributed by atoms with van der Waals surface area (Å²) in [5.74, 6) is -1.41. The Morgan fingerprint density at radius 1 is 1.06 bits per heavy atom. The molecule has 0 spiro atoms. The predicted molar refractivity (Wildman–Crippen MR) is 128 cm³/mol. The number of hydrogen-bond donors (Lipinski definition) is 1. The first-order chi connectivity index (χ1) is 16.3. The lowest BCUT2D eigenvalue weighted by Gasteiger charge is -2.25. The van der Waals surface area contributed by atoms with E-state index in [4.69, 9.17) is 32.7 Å². The molecular weight excluding hydrogens is 479 g/mol. The van der Waals surface area contributed by atoms with Crippen LogP contribution in [-0.4, -0.2) is 40.9 Å². The zero-order chi connectivity index (χ0) is 24.4. The monoisotopic (exact) mass is 498 g/mol. The first-order valence-electron chi connectivity index (χ1n) is 10.2. The number of ether oxygens (including phenoxy) is 2. The van der Waals surface area contributed by atoms with E-state index < -0.39 is 23.5 Å². The van der Waals surface area contributed by atoms with Crippen LogP contribution in [0.4, 0.5) is 0 Å². The molecule has 1 aliphatic heterocycles. The molecule has 1 unspecified atom stereocenters. The van der Waals surface area contributed by atoms with Crippen LogP contribution in [0.25, 0.3) is 5.76 Å². The molecule has 2 aromatic carbocycles. The Labute approximate surface area is 206 Å². The number of ketones is 1. The number of nitrogens with zero attached hydrogens (tertiary/aromatic N) is 2. The summed E-state index contributed by atoms with van der Waals surface area (Å²) in [5.41, 5.74) is 1.14. The van der Waals surface area contributed by atoms with Gasteiger partial charge in [-0.1, -0.05) is 41.4 Å². The molecule has 1 amide bonds. The predicted octanol–water partition coefficient (Wildman–Crippen LogP) is 5.03. The van der Waals surface area contributed by atoms with E-state index in [0.29, 0.717) is 17.0 Å². The van der Waals surface area contributed by atoms with Gasteiger partial charge in [-0.05, 0) is 42.0 Å². The maximum Gasteiger partial charge on any atom is 0.296 e. The first kappa shape index (κ1) is 23.6. The van der Waals surface area contributed by atoms with Gasteiger partial charge in [-0.25, -0.2) is 0 Å². The first-order valence-corrected chi connectivity index (χ1v) is 11.0. The number of halogens is 2. The average molecular weight is 499 g/mol. The fraction of sp³-hybridized carbons (Fsp3) is 0.160. The summed E-state index contributed by atoms with van der Waals surface area (Å²) in [6, 6.07) is 14.2. The van der Waals surface area contributed by atoms with Gasteiger partial charge >= 0.3 is 0 Å². The molecule has 0 saturated carbocycles. The van der Waals surface area contributed by atoms with Gasteiger partial charge in [0.1, 0.15) is 17.3 Å². The third-order valence-electron chi connectivity index (χ3n) is 5.48. The SMILES string of the molecule is COc1cccc(C2/C(=C(\O)c3cc(Cl)cc(Cl)c3OC)C(=O)C(=O)N2Cc2ccccn2)c1. The zero-order valence-corrected chi connectivity index (χ0v) is 19.8. The van der Waals surface area contributed by atoms with E-state index in [1.807, 2.05) is 0 Å². The van der Waals surface area contributed by atoms with E-state index >= 15 is 0 Å². The van der Waals surface area contributed by atoms with E-state index in [1.54, 1.807) is 48.7 Å². The molecule has 1 N–H and O–H groups in total. The number of Topliss-reactive ketones (excluding diaryl/α,β-unsaturated/α-hetero) is 1. The lowest BCUT2D eigenvalue weighted by molar-refractivity contribution is -0.140. The quantitative estimate of drug-likeness (QED) is 0.291. The maximum absolute atomic E-state index is 13.3. The van der Waals surface area contributed by atoms with E-state index in [0.717, 1.165) is 0 Å². The second kappa shape index (κ2) is 9.75. The van der Waals surface area contributed by atoms with E-state index in [-0.39, 0.29) is 33.5 Å². The van der Waals surface area contributed by atoms with Crippen molar-refractivity contribution in [2.24, 2.45) is 0 Å². The maximum atomic E-state index is 13.3. The van der Waals surface area contributed by atoms with Crippen LogP contribution in [0.2, 0.25) is 10.0 Å². The van der Waals surface area contributed by atoms with Crippen LogP contribution >= 0.6 is 23.2 Å². The summed E-state index contributed by atoms with van der Waals surface area (Å²) in [7, 11) is 2.90. The molecule has 1 fully saturated rings. The molecule has 34 heavy (non-hydrogen) atoms. The Kier molecular flexibility index (Phi) is 6.77. The molecule has 0 bridgehead atoms. The zero-order valence-electron chi connectivity index (χ0n) is 18.3. The highest BCUT2D eigenvalue weighted by molar-refractivity contribution is 6.46. The Morgan fingerprint density at radius 3 is 2.53 bits per heavy atom. The number of likely N-dealkylation sites (tertiary alicyclic amines) is 1. The topological polar surface area (TPSA) is 89.0 Å². The Hall–Kier alpha value is -3.55. The minimum atomic E-state index is -0.917. The normalized spacial score (nSPS) is 17.2. The summed E-state index contributed by atoms with van der Waals surface area (Å²) in [4.78, 5) is 32.1. The highest BCUT2D eigenvalue weighted by Crippen LogP contribution is 2.44. The van der Waals surface area contributed by atoms with Crippen LogP contribution < -0.4 is 9.47 Å². The fourth-order valence-corrected chi connectivity index (χ4v) is 4.53. The number of benzene rings is 2. The molecule has 3 aromatic rings. The van der Waals surface area contributed by atoms with Crippen molar-refractivity contribution in [3.05, 3.63) is 93.2 Å². The smallest absolute Gasteiger partial charge is 0.296 e. The molecule has 0 aliphatic carbocycles. The van der Waals surface area contributed by atoms with Gasteiger partial charge in [-0.3, -0.25) is 14.6 Å². The van der Waals surface area contributed by atoms with Crippen molar-refractivity contribution in [3.63, 3.8) is 0 Å². The number of amides is 1. The number of hydrogen-bond acceptors (Lipinski definition) is 6. The van der Waals surface area contributed by atoms with E-state index in [9.17, 15) is 14.7 Å². The summed E-state index contributed by atoms with van der Waals surface area (Å²) in [6.45, 7) is 0.0531. The van der Waals surface area contributed by atoms with Crippen molar-refractivity contribution in [1.82, 2.24) is 9.88 Å².